The molecule has 21 heavy (non-hydrogen) atoms. The summed E-state index contributed by atoms with van der Waals surface area (Å²) >= 11 is 3.31. The monoisotopic (exact) mass is 348 g/mol. The lowest BCUT2D eigenvalue weighted by atomic mass is 10.0. The van der Waals surface area contributed by atoms with Crippen molar-refractivity contribution in [1.82, 2.24) is 9.97 Å². The Morgan fingerprint density at radius 1 is 1.38 bits per heavy atom. The average molecular weight is 349 g/mol. The van der Waals surface area contributed by atoms with Crippen LogP contribution in [0.2, 0.25) is 0 Å². The number of ketones is 1. The lowest BCUT2D eigenvalue weighted by Crippen LogP contribution is -2.05. The van der Waals surface area contributed by atoms with E-state index in [9.17, 15) is 9.18 Å². The molecule has 4 nitrogen and oxygen atoms in total. The fourth-order valence-electron chi connectivity index (χ4n) is 2.15. The van der Waals surface area contributed by atoms with Gasteiger partial charge in [-0.3, -0.25) is 4.79 Å². The zero-order chi connectivity index (χ0) is 15.0. The molecule has 0 amide bonds. The molecule has 1 aromatic carbocycles. The van der Waals surface area contributed by atoms with Crippen LogP contribution in [0, 0.1) is 5.82 Å². The number of H-pyrrole nitrogens is 1. The van der Waals surface area contributed by atoms with Gasteiger partial charge in [-0.05, 0) is 34.1 Å². The highest BCUT2D eigenvalue weighted by molar-refractivity contribution is 9.10. The van der Waals surface area contributed by atoms with Gasteiger partial charge in [0.15, 0.2) is 17.3 Å². The van der Waals surface area contributed by atoms with E-state index in [2.05, 4.69) is 25.9 Å². The quantitative estimate of drug-likeness (QED) is 0.734. The van der Waals surface area contributed by atoms with E-state index in [0.29, 0.717) is 16.6 Å². The highest BCUT2D eigenvalue weighted by Crippen LogP contribution is 2.26. The van der Waals surface area contributed by atoms with E-state index in [-0.39, 0.29) is 11.3 Å². The molecule has 0 aliphatic rings. The minimum atomic E-state index is -0.665. The number of rotatable bonds is 3. The second-order valence-electron chi connectivity index (χ2n) is 4.40. The van der Waals surface area contributed by atoms with Crippen molar-refractivity contribution in [3.63, 3.8) is 0 Å². The van der Waals surface area contributed by atoms with Gasteiger partial charge in [0.25, 0.3) is 0 Å². The van der Waals surface area contributed by atoms with Gasteiger partial charge in [0.2, 0.25) is 0 Å². The zero-order valence-electron chi connectivity index (χ0n) is 11.0. The Bertz CT molecular complexity index is 845. The molecule has 0 aliphatic heterocycles. The molecule has 0 spiro atoms. The number of ether oxygens (including phenoxy) is 1. The number of aromatic nitrogens is 2. The maximum Gasteiger partial charge on any atom is 0.198 e. The van der Waals surface area contributed by atoms with Crippen LogP contribution in [-0.2, 0) is 0 Å². The lowest BCUT2D eigenvalue weighted by molar-refractivity contribution is 0.103. The first-order valence-electron chi connectivity index (χ1n) is 6.11. The lowest BCUT2D eigenvalue weighted by Gasteiger charge is -2.06. The third-order valence-electron chi connectivity index (χ3n) is 3.17. The molecule has 2 aromatic heterocycles. The molecule has 3 rings (SSSR count). The number of pyridine rings is 1. The Morgan fingerprint density at radius 2 is 2.19 bits per heavy atom. The first-order valence-corrected chi connectivity index (χ1v) is 6.91. The van der Waals surface area contributed by atoms with Gasteiger partial charge >= 0.3 is 0 Å². The molecule has 0 atom stereocenters. The second-order valence-corrected chi connectivity index (χ2v) is 5.32. The van der Waals surface area contributed by atoms with E-state index in [1.165, 1.54) is 25.4 Å². The molecular weight excluding hydrogens is 339 g/mol. The van der Waals surface area contributed by atoms with Crippen LogP contribution in [0.25, 0.3) is 11.0 Å². The van der Waals surface area contributed by atoms with Gasteiger partial charge in [-0.25, -0.2) is 9.37 Å². The predicted octanol–water partition coefficient (Wildman–Crippen LogP) is 3.70. The van der Waals surface area contributed by atoms with Gasteiger partial charge < -0.3 is 9.72 Å². The fourth-order valence-corrected chi connectivity index (χ4v) is 2.49. The first kappa shape index (κ1) is 13.8. The van der Waals surface area contributed by atoms with Gasteiger partial charge in [-0.15, -0.1) is 0 Å². The normalized spacial score (nSPS) is 10.8. The molecule has 0 aliphatic carbocycles. The Labute approximate surface area is 128 Å². The maximum atomic E-state index is 14.2. The number of halogens is 2. The number of carbonyl (C=O) groups is 1. The van der Waals surface area contributed by atoms with E-state index in [1.54, 1.807) is 18.3 Å². The summed E-state index contributed by atoms with van der Waals surface area (Å²) in [4.78, 5) is 19.6. The van der Waals surface area contributed by atoms with Crippen molar-refractivity contribution in [1.29, 1.82) is 0 Å². The van der Waals surface area contributed by atoms with Crippen molar-refractivity contribution in [3.05, 3.63) is 58.1 Å². The summed E-state index contributed by atoms with van der Waals surface area (Å²) in [5.74, 6) is -1.04. The third kappa shape index (κ3) is 2.31. The van der Waals surface area contributed by atoms with Crippen LogP contribution >= 0.6 is 15.9 Å². The van der Waals surface area contributed by atoms with E-state index < -0.39 is 11.6 Å². The molecule has 2 heterocycles. The summed E-state index contributed by atoms with van der Waals surface area (Å²) in [5, 5.41) is 0.636. The molecule has 0 saturated heterocycles. The Hall–Kier alpha value is -2.21. The molecule has 1 N–H and O–H groups in total. The third-order valence-corrected chi connectivity index (χ3v) is 3.60. The summed E-state index contributed by atoms with van der Waals surface area (Å²) in [6, 6.07) is 6.26. The van der Waals surface area contributed by atoms with Crippen LogP contribution < -0.4 is 4.74 Å². The van der Waals surface area contributed by atoms with E-state index in [4.69, 9.17) is 4.74 Å². The van der Waals surface area contributed by atoms with Gasteiger partial charge in [-0.2, -0.15) is 0 Å². The minimum absolute atomic E-state index is 0.0322. The number of aromatic amines is 1. The van der Waals surface area contributed by atoms with Crippen molar-refractivity contribution in [2.45, 2.75) is 0 Å². The summed E-state index contributed by atoms with van der Waals surface area (Å²) in [7, 11) is 1.36. The van der Waals surface area contributed by atoms with Gasteiger partial charge in [0.1, 0.15) is 5.65 Å². The largest absolute Gasteiger partial charge is 0.494 e. The van der Waals surface area contributed by atoms with Gasteiger partial charge in [0.05, 0.1) is 12.7 Å². The predicted molar refractivity (Wildman–Crippen MR) is 80.2 cm³/mol. The number of hydrogen-bond acceptors (Lipinski definition) is 3. The number of fused-ring (bicyclic) bond motifs is 1. The molecule has 0 unspecified atom stereocenters. The van der Waals surface area contributed by atoms with Crippen molar-refractivity contribution >= 4 is 32.7 Å². The standard InChI is InChI=1S/C15H10BrFN2O2/c1-21-12-4-2-3-9(13(12)17)14(20)11-7-19-15-10(11)5-8(16)6-18-15/h2-7H,1H3,(H,18,19). The molecule has 106 valence electrons. The summed E-state index contributed by atoms with van der Waals surface area (Å²) in [6.07, 6.45) is 3.16. The molecule has 0 saturated carbocycles. The minimum Gasteiger partial charge on any atom is -0.494 e. The topological polar surface area (TPSA) is 55.0 Å². The zero-order valence-corrected chi connectivity index (χ0v) is 12.6. The summed E-state index contributed by atoms with van der Waals surface area (Å²) in [6.45, 7) is 0. The van der Waals surface area contributed by atoms with Crippen LogP contribution in [0.5, 0.6) is 5.75 Å². The van der Waals surface area contributed by atoms with Gasteiger partial charge in [-0.1, -0.05) is 6.07 Å². The first-order chi connectivity index (χ1) is 10.1. The van der Waals surface area contributed by atoms with Crippen LogP contribution in [0.15, 0.2) is 41.1 Å². The van der Waals surface area contributed by atoms with E-state index in [1.807, 2.05) is 0 Å². The van der Waals surface area contributed by atoms with Crippen molar-refractivity contribution < 1.29 is 13.9 Å². The smallest absolute Gasteiger partial charge is 0.198 e. The van der Waals surface area contributed by atoms with Crippen LogP contribution in [0.1, 0.15) is 15.9 Å². The average Bonchev–Trinajstić information content (AvgIpc) is 2.89. The van der Waals surface area contributed by atoms with Crippen LogP contribution in [-0.4, -0.2) is 22.9 Å². The van der Waals surface area contributed by atoms with Crippen molar-refractivity contribution in [3.8, 4) is 5.75 Å². The fraction of sp³-hybridized carbons (Fsp3) is 0.0667. The number of hydrogen-bond donors (Lipinski definition) is 1. The number of benzene rings is 1. The number of carbonyl (C=O) groups excluding carboxylic acids is 1. The van der Waals surface area contributed by atoms with E-state index in [0.717, 1.165) is 4.47 Å². The van der Waals surface area contributed by atoms with Crippen LogP contribution in [0.3, 0.4) is 0 Å². The Morgan fingerprint density at radius 3 is 2.95 bits per heavy atom. The van der Waals surface area contributed by atoms with Crippen molar-refractivity contribution in [2.24, 2.45) is 0 Å². The molecule has 0 fully saturated rings. The molecule has 3 aromatic rings. The maximum absolute atomic E-state index is 14.2. The number of nitrogens with one attached hydrogen (secondary N) is 1. The number of methoxy groups -OCH3 is 1. The molecule has 0 bridgehead atoms. The second kappa shape index (κ2) is 5.29. The Kier molecular flexibility index (Phi) is 3.47. The molecule has 6 heteroatoms. The van der Waals surface area contributed by atoms with Crippen molar-refractivity contribution in [2.75, 3.05) is 7.11 Å². The van der Waals surface area contributed by atoms with E-state index >= 15 is 0 Å². The highest BCUT2D eigenvalue weighted by atomic mass is 79.9. The summed E-state index contributed by atoms with van der Waals surface area (Å²) in [5.41, 5.74) is 0.908. The molecule has 0 radical (unpaired) electrons. The van der Waals surface area contributed by atoms with Gasteiger partial charge in [0, 0.05) is 27.8 Å². The number of nitrogens with zero attached hydrogens (tertiary/aromatic N) is 1. The molecular formula is C15H10BrFN2O2. The summed E-state index contributed by atoms with van der Waals surface area (Å²) < 4.78 is 19.9. The SMILES string of the molecule is COc1cccc(C(=O)c2c[nH]c3ncc(Br)cc23)c1F. The van der Waals surface area contributed by atoms with Crippen LogP contribution in [0.4, 0.5) is 4.39 Å². The highest BCUT2D eigenvalue weighted by Gasteiger charge is 2.20. The Balaban J connectivity index is 2.15.